The van der Waals surface area contributed by atoms with Crippen molar-refractivity contribution in [1.82, 2.24) is 4.90 Å². The molecule has 0 aliphatic carbocycles. The fourth-order valence-electron chi connectivity index (χ4n) is 2.85. The lowest BCUT2D eigenvalue weighted by molar-refractivity contribution is 0.234. The average molecular weight is 318 g/mol. The first-order chi connectivity index (χ1) is 11.0. The highest BCUT2D eigenvalue weighted by atomic mass is 15.2. The molecule has 1 rings (SSSR count). The van der Waals surface area contributed by atoms with Gasteiger partial charge < -0.3 is 9.80 Å². The zero-order valence-electron chi connectivity index (χ0n) is 15.8. The van der Waals surface area contributed by atoms with Gasteiger partial charge in [0.15, 0.2) is 0 Å². The molecule has 1 aromatic carbocycles. The van der Waals surface area contributed by atoms with E-state index in [9.17, 15) is 0 Å². The summed E-state index contributed by atoms with van der Waals surface area (Å²) in [4.78, 5) is 8.95. The molecule has 0 aliphatic rings. The van der Waals surface area contributed by atoms with E-state index in [2.05, 4.69) is 68.5 Å². The van der Waals surface area contributed by atoms with Crippen LogP contribution in [0, 0.1) is 0 Å². The second-order valence-electron chi connectivity index (χ2n) is 6.72. The van der Waals surface area contributed by atoms with Gasteiger partial charge in [0.1, 0.15) is 0 Å². The van der Waals surface area contributed by atoms with Gasteiger partial charge in [-0.2, -0.15) is 0 Å². The van der Waals surface area contributed by atoms with Gasteiger partial charge in [0.05, 0.1) is 11.4 Å². The smallest absolute Gasteiger partial charge is 0.0855 e. The lowest BCUT2D eigenvalue weighted by atomic mass is 10.1. The Morgan fingerprint density at radius 2 is 1.74 bits per heavy atom. The zero-order chi connectivity index (χ0) is 17.2. The normalized spacial score (nSPS) is 13.8. The van der Waals surface area contributed by atoms with Gasteiger partial charge in [0.2, 0.25) is 0 Å². The number of anilines is 1. The average Bonchev–Trinajstić information content (AvgIpc) is 2.58. The quantitative estimate of drug-likeness (QED) is 0.416. The highest BCUT2D eigenvalue weighted by Gasteiger charge is 2.15. The van der Waals surface area contributed by atoms with Crippen LogP contribution in [0.1, 0.15) is 52.9 Å². The van der Waals surface area contributed by atoms with Crippen molar-refractivity contribution in [2.24, 2.45) is 4.99 Å². The molecule has 2 unspecified atom stereocenters. The van der Waals surface area contributed by atoms with Crippen LogP contribution in [0.4, 0.5) is 11.4 Å². The lowest BCUT2D eigenvalue weighted by Gasteiger charge is -2.31. The molecule has 0 heterocycles. The fraction of sp³-hybridized carbons (Fsp3) is 0.650. The third kappa shape index (κ3) is 6.34. The maximum atomic E-state index is 4.14. The fourth-order valence-corrected chi connectivity index (χ4v) is 2.85. The Balaban J connectivity index is 2.49. The Labute approximate surface area is 143 Å². The summed E-state index contributed by atoms with van der Waals surface area (Å²) < 4.78 is 0. The van der Waals surface area contributed by atoms with Gasteiger partial charge in [0, 0.05) is 25.7 Å². The molecule has 0 fully saturated rings. The first-order valence-electron chi connectivity index (χ1n) is 9.00. The number of hydrogen-bond donors (Lipinski definition) is 0. The minimum Gasteiger partial charge on any atom is -0.370 e. The van der Waals surface area contributed by atoms with Crippen molar-refractivity contribution >= 4 is 18.1 Å². The topological polar surface area (TPSA) is 18.8 Å². The maximum Gasteiger partial charge on any atom is 0.0855 e. The number of rotatable bonds is 11. The molecule has 0 spiro atoms. The molecule has 3 nitrogen and oxygen atoms in total. The minimum absolute atomic E-state index is 0.475. The van der Waals surface area contributed by atoms with Gasteiger partial charge in [-0.25, -0.2) is 0 Å². The molecule has 0 aromatic heterocycles. The predicted octanol–water partition coefficient (Wildman–Crippen LogP) is 5.13. The first-order valence-corrected chi connectivity index (χ1v) is 9.00. The van der Waals surface area contributed by atoms with Crippen molar-refractivity contribution in [3.05, 3.63) is 24.3 Å². The van der Waals surface area contributed by atoms with E-state index in [1.807, 2.05) is 12.1 Å². The number of aliphatic imine (C=N–C) groups is 1. The Hall–Kier alpha value is -1.35. The van der Waals surface area contributed by atoms with Crippen LogP contribution in [-0.4, -0.2) is 44.3 Å². The third-order valence-corrected chi connectivity index (χ3v) is 4.97. The Morgan fingerprint density at radius 3 is 2.39 bits per heavy atom. The van der Waals surface area contributed by atoms with Gasteiger partial charge in [-0.1, -0.05) is 38.3 Å². The molecule has 0 radical (unpaired) electrons. The van der Waals surface area contributed by atoms with E-state index in [-0.39, 0.29) is 0 Å². The molecule has 0 bridgehead atoms. The van der Waals surface area contributed by atoms with Crippen LogP contribution in [0.3, 0.4) is 0 Å². The van der Waals surface area contributed by atoms with Gasteiger partial charge in [0.25, 0.3) is 0 Å². The number of nitrogens with zero attached hydrogens (tertiary/aromatic N) is 3. The van der Waals surface area contributed by atoms with Crippen LogP contribution in [0.15, 0.2) is 29.3 Å². The van der Waals surface area contributed by atoms with Crippen LogP contribution in [0.5, 0.6) is 0 Å². The van der Waals surface area contributed by atoms with Crippen LogP contribution in [0.25, 0.3) is 0 Å². The Kier molecular flexibility index (Phi) is 8.93. The monoisotopic (exact) mass is 317 g/mol. The van der Waals surface area contributed by atoms with Crippen molar-refractivity contribution in [2.75, 3.05) is 25.5 Å². The van der Waals surface area contributed by atoms with Gasteiger partial charge >= 0.3 is 0 Å². The number of hydrogen-bond acceptors (Lipinski definition) is 3. The van der Waals surface area contributed by atoms with E-state index in [0.717, 1.165) is 24.3 Å². The summed E-state index contributed by atoms with van der Waals surface area (Å²) in [5.74, 6) is 0. The molecule has 0 N–H and O–H groups in total. The number of unbranched alkanes of at least 4 members (excludes halogenated alkanes) is 2. The third-order valence-electron chi connectivity index (χ3n) is 4.97. The van der Waals surface area contributed by atoms with E-state index in [0.29, 0.717) is 12.1 Å². The van der Waals surface area contributed by atoms with Gasteiger partial charge in [-0.05, 0) is 52.6 Å². The number of benzene rings is 1. The molecule has 23 heavy (non-hydrogen) atoms. The lowest BCUT2D eigenvalue weighted by Crippen LogP contribution is -2.36. The van der Waals surface area contributed by atoms with Crippen molar-refractivity contribution in [2.45, 2.75) is 65.0 Å². The second-order valence-corrected chi connectivity index (χ2v) is 6.72. The maximum absolute atomic E-state index is 4.14. The molecular formula is C20H35N3. The second kappa shape index (κ2) is 10.4. The molecule has 0 saturated carbocycles. The summed E-state index contributed by atoms with van der Waals surface area (Å²) in [6.45, 7) is 11.7. The van der Waals surface area contributed by atoms with E-state index >= 15 is 0 Å². The Morgan fingerprint density at radius 1 is 1.04 bits per heavy atom. The van der Waals surface area contributed by atoms with Crippen molar-refractivity contribution in [1.29, 1.82) is 0 Å². The first kappa shape index (κ1) is 19.7. The van der Waals surface area contributed by atoms with Gasteiger partial charge in [-0.3, -0.25) is 4.99 Å². The molecule has 130 valence electrons. The zero-order valence-corrected chi connectivity index (χ0v) is 15.8. The molecular weight excluding hydrogens is 282 g/mol. The summed E-state index contributed by atoms with van der Waals surface area (Å²) >= 11 is 0. The molecule has 2 atom stereocenters. The summed E-state index contributed by atoms with van der Waals surface area (Å²) in [5.41, 5.74) is 2.12. The van der Waals surface area contributed by atoms with E-state index in [1.165, 1.54) is 25.7 Å². The predicted molar refractivity (Wildman–Crippen MR) is 104 cm³/mol. The molecule has 0 aliphatic heterocycles. The molecule has 1 aromatic rings. The van der Waals surface area contributed by atoms with Crippen molar-refractivity contribution in [3.63, 3.8) is 0 Å². The summed E-state index contributed by atoms with van der Waals surface area (Å²) in [6.07, 6.45) is 6.45. The standard InChI is InChI=1S/C20H35N3/c1-7-8-9-12-17(2)22(5)16-15-18(3)23(6)20-14-11-10-13-19(20)21-4/h10-11,13-14,17-18H,4,7-9,12,15-16H2,1-3,5-6H3. The van der Waals surface area contributed by atoms with Crippen LogP contribution in [-0.2, 0) is 0 Å². The van der Waals surface area contributed by atoms with Crippen LogP contribution in [0.2, 0.25) is 0 Å². The Bertz CT molecular complexity index is 458. The van der Waals surface area contributed by atoms with Gasteiger partial charge in [-0.15, -0.1) is 0 Å². The van der Waals surface area contributed by atoms with Crippen molar-refractivity contribution < 1.29 is 0 Å². The van der Waals surface area contributed by atoms with Crippen LogP contribution < -0.4 is 4.90 Å². The highest BCUT2D eigenvalue weighted by molar-refractivity contribution is 5.68. The van der Waals surface area contributed by atoms with E-state index in [1.54, 1.807) is 0 Å². The van der Waals surface area contributed by atoms with E-state index < -0.39 is 0 Å². The van der Waals surface area contributed by atoms with Crippen LogP contribution >= 0.6 is 0 Å². The molecule has 0 saturated heterocycles. The summed E-state index contributed by atoms with van der Waals surface area (Å²) in [7, 11) is 4.40. The molecule has 0 amide bonds. The highest BCUT2D eigenvalue weighted by Crippen LogP contribution is 2.28. The largest absolute Gasteiger partial charge is 0.370 e. The SMILES string of the molecule is C=Nc1ccccc1N(C)C(C)CCN(C)C(C)CCCCC. The minimum atomic E-state index is 0.475. The molecule has 3 heteroatoms. The summed E-state index contributed by atoms with van der Waals surface area (Å²) in [6, 6.07) is 9.36. The summed E-state index contributed by atoms with van der Waals surface area (Å²) in [5, 5.41) is 0. The van der Waals surface area contributed by atoms with Crippen molar-refractivity contribution in [3.8, 4) is 0 Å². The number of para-hydroxylation sites is 2. The van der Waals surface area contributed by atoms with E-state index in [4.69, 9.17) is 0 Å².